The van der Waals surface area contributed by atoms with Crippen molar-refractivity contribution >= 4 is 39.0 Å². The number of nitrogens with zero attached hydrogens (tertiary/aromatic N) is 4. The third kappa shape index (κ3) is 4.64. The molecular weight excluding hydrogens is 428 g/mol. The molecule has 0 bridgehead atoms. The van der Waals surface area contributed by atoms with E-state index in [1.807, 2.05) is 4.90 Å². The number of hydrogen-bond donors (Lipinski definition) is 0. The molecule has 1 amide bonds. The molecule has 3 aromatic rings. The molecule has 2 aliphatic heterocycles. The Hall–Kier alpha value is -2.44. The molecule has 1 aromatic heterocycles. The van der Waals surface area contributed by atoms with E-state index in [9.17, 15) is 4.79 Å². The van der Waals surface area contributed by atoms with Gasteiger partial charge in [-0.2, -0.15) is 4.37 Å². The van der Waals surface area contributed by atoms with Crippen molar-refractivity contribution < 1.29 is 4.79 Å². The molecule has 6 heteroatoms. The first-order valence-corrected chi connectivity index (χ1v) is 13.0. The number of fused-ring (bicyclic) bond motifs is 2. The van der Waals surface area contributed by atoms with E-state index < -0.39 is 0 Å². The molecule has 5 nitrogen and oxygen atoms in total. The molecule has 2 aromatic carbocycles. The van der Waals surface area contributed by atoms with Gasteiger partial charge in [-0.15, -0.1) is 0 Å². The van der Waals surface area contributed by atoms with E-state index in [1.165, 1.54) is 21.2 Å². The minimum atomic E-state index is 0.266. The summed E-state index contributed by atoms with van der Waals surface area (Å²) >= 11 is 1.60. The Labute approximate surface area is 201 Å². The molecule has 5 rings (SSSR count). The van der Waals surface area contributed by atoms with Crippen molar-refractivity contribution in [2.24, 2.45) is 5.92 Å². The zero-order chi connectivity index (χ0) is 22.9. The number of hydrogen-bond acceptors (Lipinski definition) is 5. The fourth-order valence-corrected chi connectivity index (χ4v) is 5.95. The predicted molar refractivity (Wildman–Crippen MR) is 139 cm³/mol. The summed E-state index contributed by atoms with van der Waals surface area (Å²) in [5, 5.41) is 1.28. The van der Waals surface area contributed by atoms with Gasteiger partial charge in [0.1, 0.15) is 5.82 Å². The standard InChI is InChI=1S/C27H34N4OS/c1-19(2)18-31-24-9-8-21(17-23(24)20(3)16-26(31)32)10-11-29-12-14-30(15-13-29)27-22-6-4-5-7-25(22)33-28-27/h4-9,17,19-20H,10-16,18H2,1-3H3. The average molecular weight is 463 g/mol. The minimum absolute atomic E-state index is 0.266. The van der Waals surface area contributed by atoms with Crippen LogP contribution < -0.4 is 9.80 Å². The van der Waals surface area contributed by atoms with Crippen LogP contribution in [0.5, 0.6) is 0 Å². The van der Waals surface area contributed by atoms with Gasteiger partial charge in [-0.1, -0.05) is 45.0 Å². The number of piperazine rings is 1. The van der Waals surface area contributed by atoms with Crippen LogP contribution in [-0.2, 0) is 11.2 Å². The maximum atomic E-state index is 12.6. The quantitative estimate of drug-likeness (QED) is 0.507. The molecule has 0 spiro atoms. The number of rotatable bonds is 6. The third-order valence-corrected chi connectivity index (χ3v) is 7.81. The summed E-state index contributed by atoms with van der Waals surface area (Å²) in [7, 11) is 0. The van der Waals surface area contributed by atoms with Crippen LogP contribution in [0.4, 0.5) is 11.5 Å². The highest BCUT2D eigenvalue weighted by molar-refractivity contribution is 7.13. The minimum Gasteiger partial charge on any atom is -0.353 e. The van der Waals surface area contributed by atoms with Crippen molar-refractivity contribution in [2.75, 3.05) is 49.1 Å². The Morgan fingerprint density at radius 2 is 1.88 bits per heavy atom. The van der Waals surface area contributed by atoms with Gasteiger partial charge >= 0.3 is 0 Å². The van der Waals surface area contributed by atoms with Crippen LogP contribution in [0.3, 0.4) is 0 Å². The monoisotopic (exact) mass is 462 g/mol. The number of carbonyl (C=O) groups is 1. The maximum Gasteiger partial charge on any atom is 0.227 e. The molecule has 1 fully saturated rings. The molecular formula is C27H34N4OS. The molecule has 0 saturated carbocycles. The van der Waals surface area contributed by atoms with Crippen LogP contribution in [0.25, 0.3) is 10.1 Å². The van der Waals surface area contributed by atoms with Crippen LogP contribution >= 0.6 is 11.5 Å². The second kappa shape index (κ2) is 9.43. The average Bonchev–Trinajstić information content (AvgIpc) is 3.25. The van der Waals surface area contributed by atoms with Crippen molar-refractivity contribution in [1.29, 1.82) is 0 Å². The van der Waals surface area contributed by atoms with E-state index in [0.717, 1.165) is 57.2 Å². The van der Waals surface area contributed by atoms with E-state index in [-0.39, 0.29) is 5.91 Å². The summed E-state index contributed by atoms with van der Waals surface area (Å²) in [6, 6.07) is 15.3. The van der Waals surface area contributed by atoms with E-state index >= 15 is 0 Å². The van der Waals surface area contributed by atoms with Gasteiger partial charge in [0.15, 0.2) is 0 Å². The van der Waals surface area contributed by atoms with Gasteiger partial charge in [0, 0.05) is 56.8 Å². The van der Waals surface area contributed by atoms with Crippen molar-refractivity contribution in [2.45, 2.75) is 39.5 Å². The Morgan fingerprint density at radius 1 is 1.09 bits per heavy atom. The first kappa shape index (κ1) is 22.4. The number of carbonyl (C=O) groups excluding carboxylic acids is 1. The first-order chi connectivity index (χ1) is 16.0. The molecule has 0 N–H and O–H groups in total. The van der Waals surface area contributed by atoms with E-state index in [4.69, 9.17) is 4.37 Å². The first-order valence-electron chi connectivity index (χ1n) is 12.2. The van der Waals surface area contributed by atoms with Crippen LogP contribution in [-0.4, -0.2) is 54.4 Å². The Balaban J connectivity index is 1.20. The smallest absolute Gasteiger partial charge is 0.227 e. The highest BCUT2D eigenvalue weighted by Gasteiger charge is 2.29. The molecule has 1 unspecified atom stereocenters. The largest absolute Gasteiger partial charge is 0.353 e. The summed E-state index contributed by atoms with van der Waals surface area (Å²) in [5.74, 6) is 2.18. The second-order valence-corrected chi connectivity index (χ2v) is 10.8. The molecule has 1 saturated heterocycles. The van der Waals surface area contributed by atoms with Crippen LogP contribution in [0, 0.1) is 5.92 Å². The van der Waals surface area contributed by atoms with Gasteiger partial charge in [0.2, 0.25) is 5.91 Å². The topological polar surface area (TPSA) is 39.7 Å². The highest BCUT2D eigenvalue weighted by atomic mass is 32.1. The van der Waals surface area contributed by atoms with Crippen molar-refractivity contribution in [3.05, 3.63) is 53.6 Å². The van der Waals surface area contributed by atoms with Crippen LogP contribution in [0.1, 0.15) is 44.2 Å². The third-order valence-electron chi connectivity index (χ3n) is 6.99. The summed E-state index contributed by atoms with van der Waals surface area (Å²) in [4.78, 5) is 19.6. The van der Waals surface area contributed by atoms with Crippen LogP contribution in [0.15, 0.2) is 42.5 Å². The lowest BCUT2D eigenvalue weighted by Gasteiger charge is -2.35. The molecule has 33 heavy (non-hydrogen) atoms. The zero-order valence-electron chi connectivity index (χ0n) is 20.0. The Morgan fingerprint density at radius 3 is 2.67 bits per heavy atom. The number of benzene rings is 2. The molecule has 174 valence electrons. The zero-order valence-corrected chi connectivity index (χ0v) is 20.8. The molecule has 1 atom stereocenters. The van der Waals surface area contributed by atoms with E-state index in [2.05, 4.69) is 73.0 Å². The van der Waals surface area contributed by atoms with E-state index in [0.29, 0.717) is 18.3 Å². The van der Waals surface area contributed by atoms with Crippen molar-refractivity contribution in [1.82, 2.24) is 9.27 Å². The fraction of sp³-hybridized carbons (Fsp3) is 0.481. The van der Waals surface area contributed by atoms with Gasteiger partial charge in [-0.3, -0.25) is 9.69 Å². The normalized spacial score (nSPS) is 19.5. The van der Waals surface area contributed by atoms with Gasteiger partial charge in [-0.25, -0.2) is 0 Å². The van der Waals surface area contributed by atoms with Gasteiger partial charge in [0.05, 0.1) is 4.70 Å². The molecule has 2 aliphatic rings. The number of anilines is 2. The fourth-order valence-electron chi connectivity index (χ4n) is 5.15. The lowest BCUT2D eigenvalue weighted by atomic mass is 9.88. The summed E-state index contributed by atoms with van der Waals surface area (Å²) in [6.45, 7) is 12.6. The summed E-state index contributed by atoms with van der Waals surface area (Å²) in [5.41, 5.74) is 3.85. The summed E-state index contributed by atoms with van der Waals surface area (Å²) < 4.78 is 6.00. The van der Waals surface area contributed by atoms with Gasteiger partial charge in [0.25, 0.3) is 0 Å². The van der Waals surface area contributed by atoms with Crippen molar-refractivity contribution in [3.8, 4) is 0 Å². The van der Waals surface area contributed by atoms with Gasteiger partial charge < -0.3 is 9.80 Å². The Kier molecular flexibility index (Phi) is 6.39. The Bertz CT molecular complexity index is 1130. The van der Waals surface area contributed by atoms with Gasteiger partial charge in [-0.05, 0) is 59.1 Å². The number of amides is 1. The summed E-state index contributed by atoms with van der Waals surface area (Å²) in [6.07, 6.45) is 1.67. The maximum absolute atomic E-state index is 12.6. The highest BCUT2D eigenvalue weighted by Crippen LogP contribution is 2.37. The van der Waals surface area contributed by atoms with E-state index in [1.54, 1.807) is 11.5 Å². The molecule has 3 heterocycles. The predicted octanol–water partition coefficient (Wildman–Crippen LogP) is 5.16. The molecule has 0 radical (unpaired) electrons. The SMILES string of the molecule is CC(C)CN1C(=O)CC(C)c2cc(CCN3CCN(c4nsc5ccccc45)CC3)ccc21. The molecule has 0 aliphatic carbocycles. The lowest BCUT2D eigenvalue weighted by Crippen LogP contribution is -2.47. The second-order valence-electron chi connectivity index (χ2n) is 9.98. The van der Waals surface area contributed by atoms with Crippen molar-refractivity contribution in [3.63, 3.8) is 0 Å². The lowest BCUT2D eigenvalue weighted by molar-refractivity contribution is -0.119. The van der Waals surface area contributed by atoms with Crippen LogP contribution in [0.2, 0.25) is 0 Å². The number of aromatic nitrogens is 1.